The summed E-state index contributed by atoms with van der Waals surface area (Å²) in [4.78, 5) is 4.42. The number of aliphatic hydroxyl groups excluding tert-OH is 1. The van der Waals surface area contributed by atoms with Gasteiger partial charge in [0.15, 0.2) is 0 Å². The number of nitrogens with zero attached hydrogens (tertiary/aromatic N) is 2. The van der Waals surface area contributed by atoms with E-state index < -0.39 is 0 Å². The lowest BCUT2D eigenvalue weighted by Gasteiger charge is -2.20. The van der Waals surface area contributed by atoms with Gasteiger partial charge in [-0.05, 0) is 24.5 Å². The molecule has 0 bridgehead atoms. The van der Waals surface area contributed by atoms with Gasteiger partial charge in [0.1, 0.15) is 0 Å². The van der Waals surface area contributed by atoms with E-state index in [0.29, 0.717) is 11.7 Å². The molecule has 4 nitrogen and oxygen atoms in total. The predicted molar refractivity (Wildman–Crippen MR) is 62.2 cm³/mol. The van der Waals surface area contributed by atoms with Crippen LogP contribution in [0.2, 0.25) is 0 Å². The second-order valence-electron chi connectivity index (χ2n) is 4.44. The minimum atomic E-state index is 0.0289. The molecule has 3 rings (SSSR count). The summed E-state index contributed by atoms with van der Waals surface area (Å²) >= 11 is 0. The quantitative estimate of drug-likeness (QED) is 0.880. The molecule has 0 atom stereocenters. The van der Waals surface area contributed by atoms with Crippen molar-refractivity contribution in [2.45, 2.75) is 31.8 Å². The molecule has 2 aromatic rings. The normalized spacial score (nSPS) is 15.8. The molecule has 0 aliphatic heterocycles. The summed E-state index contributed by atoms with van der Waals surface area (Å²) in [5, 5.41) is 13.1. The first-order chi connectivity index (χ1) is 8.36. The van der Waals surface area contributed by atoms with Crippen LogP contribution < -0.4 is 0 Å². The Balaban J connectivity index is 1.89. The third-order valence-electron chi connectivity index (χ3n) is 3.26. The number of aromatic nitrogens is 2. The highest BCUT2D eigenvalue weighted by atomic mass is 16.5. The van der Waals surface area contributed by atoms with Crippen molar-refractivity contribution in [1.82, 2.24) is 10.1 Å². The first kappa shape index (κ1) is 10.5. The Bertz CT molecular complexity index is 518. The Morgan fingerprint density at radius 3 is 2.94 bits per heavy atom. The summed E-state index contributed by atoms with van der Waals surface area (Å²) in [6.07, 6.45) is 3.55. The highest BCUT2D eigenvalue weighted by Crippen LogP contribution is 2.35. The zero-order valence-electron chi connectivity index (χ0n) is 9.47. The molecule has 88 valence electrons. The van der Waals surface area contributed by atoms with Crippen LogP contribution in [0.3, 0.4) is 0 Å². The molecule has 1 saturated carbocycles. The van der Waals surface area contributed by atoms with E-state index in [1.807, 2.05) is 24.3 Å². The molecule has 1 N–H and O–H groups in total. The van der Waals surface area contributed by atoms with Crippen LogP contribution >= 0.6 is 0 Å². The second-order valence-corrected chi connectivity index (χ2v) is 4.44. The lowest BCUT2D eigenvalue weighted by atomic mass is 9.85. The van der Waals surface area contributed by atoms with Gasteiger partial charge in [0, 0.05) is 11.5 Å². The van der Waals surface area contributed by atoms with Crippen molar-refractivity contribution in [2.24, 2.45) is 0 Å². The molecular weight excluding hydrogens is 216 g/mol. The smallest absolute Gasteiger partial charge is 0.230 e. The van der Waals surface area contributed by atoms with Crippen molar-refractivity contribution >= 4 is 0 Å². The standard InChI is InChI=1S/C13H14N2O2/c16-8-9-3-1-6-11(7-9)12-14-13(17-15-12)10-4-2-5-10/h1,3,6-7,10,16H,2,4-5,8H2. The molecule has 1 aromatic carbocycles. The van der Waals surface area contributed by atoms with E-state index >= 15 is 0 Å². The highest BCUT2D eigenvalue weighted by Gasteiger charge is 2.25. The van der Waals surface area contributed by atoms with Gasteiger partial charge in [0.05, 0.1) is 6.61 Å². The predicted octanol–water partition coefficient (Wildman–Crippen LogP) is 2.50. The Kier molecular flexibility index (Phi) is 2.65. The summed E-state index contributed by atoms with van der Waals surface area (Å²) in [5.74, 6) is 1.82. The molecule has 17 heavy (non-hydrogen) atoms. The van der Waals surface area contributed by atoms with Gasteiger partial charge >= 0.3 is 0 Å². The molecule has 0 spiro atoms. The van der Waals surface area contributed by atoms with Gasteiger partial charge in [-0.15, -0.1) is 0 Å². The molecule has 0 radical (unpaired) electrons. The van der Waals surface area contributed by atoms with Crippen molar-refractivity contribution in [3.05, 3.63) is 35.7 Å². The molecule has 0 amide bonds. The van der Waals surface area contributed by atoms with Gasteiger partial charge in [0.2, 0.25) is 11.7 Å². The summed E-state index contributed by atoms with van der Waals surface area (Å²) < 4.78 is 5.27. The van der Waals surface area contributed by atoms with Crippen molar-refractivity contribution < 1.29 is 9.63 Å². The van der Waals surface area contributed by atoms with E-state index in [4.69, 9.17) is 9.63 Å². The molecule has 0 unspecified atom stereocenters. The highest BCUT2D eigenvalue weighted by molar-refractivity contribution is 5.55. The van der Waals surface area contributed by atoms with Crippen molar-refractivity contribution in [1.29, 1.82) is 0 Å². The average Bonchev–Trinajstić information content (AvgIpc) is 2.76. The van der Waals surface area contributed by atoms with Crippen molar-refractivity contribution in [3.63, 3.8) is 0 Å². The monoisotopic (exact) mass is 230 g/mol. The molecule has 4 heteroatoms. The summed E-state index contributed by atoms with van der Waals surface area (Å²) in [6, 6.07) is 7.57. The van der Waals surface area contributed by atoms with Gasteiger partial charge in [0.25, 0.3) is 0 Å². The van der Waals surface area contributed by atoms with Crippen LogP contribution in [0.1, 0.15) is 36.6 Å². The van der Waals surface area contributed by atoms with E-state index in [2.05, 4.69) is 10.1 Å². The molecule has 1 fully saturated rings. The number of hydrogen-bond acceptors (Lipinski definition) is 4. The number of hydrogen-bond donors (Lipinski definition) is 1. The molecule has 1 aliphatic carbocycles. The largest absolute Gasteiger partial charge is 0.392 e. The number of benzene rings is 1. The van der Waals surface area contributed by atoms with Gasteiger partial charge in [-0.1, -0.05) is 29.8 Å². The van der Waals surface area contributed by atoms with E-state index in [-0.39, 0.29) is 6.61 Å². The zero-order chi connectivity index (χ0) is 11.7. The first-order valence-corrected chi connectivity index (χ1v) is 5.90. The zero-order valence-corrected chi connectivity index (χ0v) is 9.47. The first-order valence-electron chi connectivity index (χ1n) is 5.90. The minimum Gasteiger partial charge on any atom is -0.392 e. The van der Waals surface area contributed by atoms with Gasteiger partial charge in [-0.2, -0.15) is 4.98 Å². The minimum absolute atomic E-state index is 0.0289. The third kappa shape index (κ3) is 1.96. The molecule has 1 heterocycles. The summed E-state index contributed by atoms with van der Waals surface area (Å²) in [5.41, 5.74) is 1.75. The Labute approximate surface area is 99.3 Å². The van der Waals surface area contributed by atoms with E-state index in [9.17, 15) is 0 Å². The molecule has 0 saturated heterocycles. The van der Waals surface area contributed by atoms with Crippen LogP contribution in [0.15, 0.2) is 28.8 Å². The van der Waals surface area contributed by atoms with E-state index in [1.165, 1.54) is 6.42 Å². The van der Waals surface area contributed by atoms with Crippen molar-refractivity contribution in [3.8, 4) is 11.4 Å². The van der Waals surface area contributed by atoms with Crippen LogP contribution in [0.4, 0.5) is 0 Å². The van der Waals surface area contributed by atoms with E-state index in [1.54, 1.807) is 0 Å². The second kappa shape index (κ2) is 4.30. The Morgan fingerprint density at radius 2 is 2.24 bits per heavy atom. The molecule has 1 aromatic heterocycles. The third-order valence-corrected chi connectivity index (χ3v) is 3.26. The molecular formula is C13H14N2O2. The van der Waals surface area contributed by atoms with Crippen LogP contribution in [0, 0.1) is 0 Å². The maximum atomic E-state index is 9.09. The fourth-order valence-corrected chi connectivity index (χ4v) is 1.98. The molecule has 1 aliphatic rings. The van der Waals surface area contributed by atoms with Crippen LogP contribution in [0.25, 0.3) is 11.4 Å². The topological polar surface area (TPSA) is 59.2 Å². The van der Waals surface area contributed by atoms with Crippen LogP contribution in [0.5, 0.6) is 0 Å². The van der Waals surface area contributed by atoms with Crippen molar-refractivity contribution in [2.75, 3.05) is 0 Å². The number of rotatable bonds is 3. The van der Waals surface area contributed by atoms with E-state index in [0.717, 1.165) is 29.9 Å². The summed E-state index contributed by atoms with van der Waals surface area (Å²) in [6.45, 7) is 0.0289. The lowest BCUT2D eigenvalue weighted by molar-refractivity contribution is 0.282. The number of aliphatic hydroxyl groups is 1. The lowest BCUT2D eigenvalue weighted by Crippen LogP contribution is -2.08. The Morgan fingerprint density at radius 1 is 1.35 bits per heavy atom. The maximum absolute atomic E-state index is 9.09. The maximum Gasteiger partial charge on any atom is 0.230 e. The Hall–Kier alpha value is -1.68. The average molecular weight is 230 g/mol. The fourth-order valence-electron chi connectivity index (χ4n) is 1.98. The SMILES string of the molecule is OCc1cccc(-c2noc(C3CCC3)n2)c1. The van der Waals surface area contributed by atoms with Gasteiger partial charge in [-0.3, -0.25) is 0 Å². The van der Waals surface area contributed by atoms with Crippen LogP contribution in [-0.4, -0.2) is 15.2 Å². The fraction of sp³-hybridized carbons (Fsp3) is 0.385. The van der Waals surface area contributed by atoms with Gasteiger partial charge in [-0.25, -0.2) is 0 Å². The summed E-state index contributed by atoms with van der Waals surface area (Å²) in [7, 11) is 0. The van der Waals surface area contributed by atoms with Crippen LogP contribution in [-0.2, 0) is 6.61 Å². The van der Waals surface area contributed by atoms with Gasteiger partial charge < -0.3 is 9.63 Å².